The van der Waals surface area contributed by atoms with E-state index in [9.17, 15) is 10.1 Å². The van der Waals surface area contributed by atoms with Gasteiger partial charge in [0.2, 0.25) is 0 Å². The molecule has 26 heavy (non-hydrogen) atoms. The van der Waals surface area contributed by atoms with Crippen molar-refractivity contribution in [1.82, 2.24) is 14.9 Å². The third-order valence-corrected chi connectivity index (χ3v) is 4.27. The van der Waals surface area contributed by atoms with Gasteiger partial charge in [0.05, 0.1) is 6.07 Å². The highest BCUT2D eigenvalue weighted by Crippen LogP contribution is 2.33. The molecule has 10 nitrogen and oxygen atoms in total. The van der Waals surface area contributed by atoms with Crippen molar-refractivity contribution in [2.75, 3.05) is 13.1 Å². The summed E-state index contributed by atoms with van der Waals surface area (Å²) >= 11 is 0. The van der Waals surface area contributed by atoms with Crippen LogP contribution in [0.15, 0.2) is 50.1 Å². The molecule has 0 radical (unpaired) electrons. The van der Waals surface area contributed by atoms with Gasteiger partial charge in [-0.05, 0) is 33.8 Å². The predicted molar refractivity (Wildman–Crippen MR) is 96.6 cm³/mol. The summed E-state index contributed by atoms with van der Waals surface area (Å²) in [6.07, 6.45) is 1.92. The molecule has 0 amide bonds. The van der Waals surface area contributed by atoms with Crippen molar-refractivity contribution in [3.8, 4) is 0 Å². The van der Waals surface area contributed by atoms with Crippen molar-refractivity contribution >= 4 is 17.4 Å². The Balaban J connectivity index is 2.13. The molecule has 3 heterocycles. The van der Waals surface area contributed by atoms with E-state index in [1.807, 2.05) is 38.8 Å². The number of allylic oxidation sites excluding steroid dienone is 1. The molecular formula is C16H21N7O3. The second-order valence-electron chi connectivity index (χ2n) is 5.84. The summed E-state index contributed by atoms with van der Waals surface area (Å²) in [6.45, 7) is 9.39. The summed E-state index contributed by atoms with van der Waals surface area (Å²) in [5.41, 5.74) is 1.21. The van der Waals surface area contributed by atoms with Crippen LogP contribution >= 0.6 is 0 Å². The predicted octanol–water partition coefficient (Wildman–Crippen LogP) is 2.19. The van der Waals surface area contributed by atoms with E-state index < -0.39 is 4.92 Å². The second-order valence-corrected chi connectivity index (χ2v) is 5.84. The molecule has 0 unspecified atom stereocenters. The molecule has 3 rings (SSSR count). The molecule has 0 aliphatic carbocycles. The van der Waals surface area contributed by atoms with Crippen molar-refractivity contribution in [1.29, 1.82) is 0 Å². The van der Waals surface area contributed by atoms with Crippen LogP contribution in [0.25, 0.3) is 0 Å². The van der Waals surface area contributed by atoms with E-state index in [4.69, 9.17) is 15.3 Å². The fourth-order valence-corrected chi connectivity index (χ4v) is 2.92. The number of aliphatic imine (C=N–C) groups is 1. The molecule has 0 atom stereocenters. The van der Waals surface area contributed by atoms with E-state index >= 15 is 0 Å². The zero-order valence-corrected chi connectivity index (χ0v) is 15.1. The summed E-state index contributed by atoms with van der Waals surface area (Å²) in [5.74, 6) is 7.97. The van der Waals surface area contributed by atoms with Crippen LogP contribution in [0.3, 0.4) is 0 Å². The van der Waals surface area contributed by atoms with Gasteiger partial charge in [-0.3, -0.25) is 15.0 Å². The van der Waals surface area contributed by atoms with Crippen LogP contribution < -0.4 is 5.84 Å². The monoisotopic (exact) mass is 359 g/mol. The fourth-order valence-electron chi connectivity index (χ4n) is 2.92. The van der Waals surface area contributed by atoms with Crippen LogP contribution in [-0.4, -0.2) is 44.5 Å². The van der Waals surface area contributed by atoms with Crippen LogP contribution in [0.4, 0.5) is 5.88 Å². The van der Waals surface area contributed by atoms with Gasteiger partial charge >= 0.3 is 5.88 Å². The molecule has 2 aliphatic rings. The molecule has 0 saturated carbocycles. The molecule has 10 heteroatoms. The van der Waals surface area contributed by atoms with Gasteiger partial charge in [-0.2, -0.15) is 5.12 Å². The van der Waals surface area contributed by atoms with Gasteiger partial charge in [0.1, 0.15) is 16.5 Å². The van der Waals surface area contributed by atoms with Crippen LogP contribution in [0, 0.1) is 10.1 Å². The largest absolute Gasteiger partial charge is 0.433 e. The first-order valence-corrected chi connectivity index (χ1v) is 8.27. The highest BCUT2D eigenvalue weighted by atomic mass is 16.6. The fraction of sp³-hybridized carbons (Fsp3) is 0.375. The third-order valence-electron chi connectivity index (χ3n) is 4.27. The van der Waals surface area contributed by atoms with Crippen molar-refractivity contribution in [2.24, 2.45) is 15.9 Å². The lowest BCUT2D eigenvalue weighted by Crippen LogP contribution is -2.36. The quantitative estimate of drug-likeness (QED) is 0.486. The summed E-state index contributed by atoms with van der Waals surface area (Å²) < 4.78 is 5.35. The summed E-state index contributed by atoms with van der Waals surface area (Å²) in [7, 11) is 0. The molecular weight excluding hydrogens is 338 g/mol. The first-order valence-electron chi connectivity index (χ1n) is 8.27. The SMILES string of the molecule is CCN(C=C1N=C(c2ccc([N+](=O)[O-])o2)C(C)=C2N(N)N=C(C)N12)CC. The number of hydrogen-bond donors (Lipinski definition) is 1. The Morgan fingerprint density at radius 1 is 1.35 bits per heavy atom. The van der Waals surface area contributed by atoms with E-state index in [0.29, 0.717) is 34.5 Å². The van der Waals surface area contributed by atoms with E-state index in [0.717, 1.165) is 13.1 Å². The van der Waals surface area contributed by atoms with Gasteiger partial charge in [-0.25, -0.2) is 10.8 Å². The Hall–Kier alpha value is -3.14. The van der Waals surface area contributed by atoms with Gasteiger partial charge < -0.3 is 9.32 Å². The Bertz CT molecular complexity index is 861. The minimum Gasteiger partial charge on any atom is -0.399 e. The van der Waals surface area contributed by atoms with Crippen molar-refractivity contribution in [3.05, 3.63) is 51.4 Å². The standard InChI is InChI=1S/C16H21N7O3/c1-5-20(6-2)9-13-18-15(12-7-8-14(26-12)23(24)25)10(3)16-21(13)11(4)19-22(16)17/h7-9H,5-6,17H2,1-4H3. The number of hydrogen-bond acceptors (Lipinski definition) is 9. The number of hydrazone groups is 1. The van der Waals surface area contributed by atoms with Gasteiger partial charge in [-0.1, -0.05) is 0 Å². The molecule has 2 aliphatic heterocycles. The number of nitrogens with two attached hydrogens (primary N) is 1. The van der Waals surface area contributed by atoms with Crippen molar-refractivity contribution < 1.29 is 9.34 Å². The summed E-state index contributed by atoms with van der Waals surface area (Å²) in [4.78, 5) is 19.0. The molecule has 0 bridgehead atoms. The number of amidine groups is 1. The van der Waals surface area contributed by atoms with E-state index in [1.54, 1.807) is 0 Å². The van der Waals surface area contributed by atoms with Gasteiger partial charge in [0.25, 0.3) is 0 Å². The highest BCUT2D eigenvalue weighted by Gasteiger charge is 2.36. The van der Waals surface area contributed by atoms with Crippen LogP contribution in [-0.2, 0) is 0 Å². The average Bonchev–Trinajstić information content (AvgIpc) is 3.20. The second kappa shape index (κ2) is 6.64. The molecule has 1 aromatic rings. The number of fused-ring (bicyclic) bond motifs is 1. The number of furan rings is 1. The first-order chi connectivity index (χ1) is 12.4. The van der Waals surface area contributed by atoms with Gasteiger partial charge in [-0.15, -0.1) is 5.10 Å². The van der Waals surface area contributed by atoms with Crippen molar-refractivity contribution in [3.63, 3.8) is 0 Å². The lowest BCUT2D eigenvalue weighted by molar-refractivity contribution is -0.402. The molecule has 138 valence electrons. The molecule has 0 saturated heterocycles. The summed E-state index contributed by atoms with van der Waals surface area (Å²) in [6, 6.07) is 2.85. The minimum absolute atomic E-state index is 0.310. The summed E-state index contributed by atoms with van der Waals surface area (Å²) in [5, 5.41) is 16.5. The number of nitro groups is 1. The molecule has 2 N–H and O–H groups in total. The minimum atomic E-state index is -0.577. The van der Waals surface area contributed by atoms with Crippen LogP contribution in [0.2, 0.25) is 0 Å². The van der Waals surface area contributed by atoms with Gasteiger partial charge in [0.15, 0.2) is 17.4 Å². The highest BCUT2D eigenvalue weighted by molar-refractivity contribution is 6.13. The Morgan fingerprint density at radius 3 is 2.62 bits per heavy atom. The maximum absolute atomic E-state index is 10.9. The molecule has 0 aromatic carbocycles. The number of nitrogens with zero attached hydrogens (tertiary/aromatic N) is 6. The Kier molecular flexibility index (Phi) is 4.51. The topological polar surface area (TPSA) is 117 Å². The lowest BCUT2D eigenvalue weighted by Gasteiger charge is -2.29. The third kappa shape index (κ3) is 2.84. The van der Waals surface area contributed by atoms with Crippen LogP contribution in [0.1, 0.15) is 33.5 Å². The number of hydrazine groups is 1. The van der Waals surface area contributed by atoms with Crippen molar-refractivity contribution in [2.45, 2.75) is 27.7 Å². The molecule has 1 aromatic heterocycles. The average molecular weight is 359 g/mol. The zero-order chi connectivity index (χ0) is 19.0. The molecule has 0 spiro atoms. The normalized spacial score (nSPS) is 18.3. The lowest BCUT2D eigenvalue weighted by atomic mass is 10.1. The maximum atomic E-state index is 10.9. The zero-order valence-electron chi connectivity index (χ0n) is 15.1. The van der Waals surface area contributed by atoms with Gasteiger partial charge in [0, 0.05) is 24.9 Å². The van der Waals surface area contributed by atoms with E-state index in [1.165, 1.54) is 17.3 Å². The molecule has 0 fully saturated rings. The Labute approximate surface area is 150 Å². The van der Waals surface area contributed by atoms with Crippen LogP contribution in [0.5, 0.6) is 0 Å². The Morgan fingerprint density at radius 2 is 2.04 bits per heavy atom. The first kappa shape index (κ1) is 17.7. The smallest absolute Gasteiger partial charge is 0.399 e. The number of rotatable bonds is 5. The van der Waals surface area contributed by atoms with E-state index in [-0.39, 0.29) is 5.88 Å². The maximum Gasteiger partial charge on any atom is 0.433 e. The van der Waals surface area contributed by atoms with E-state index in [2.05, 4.69) is 10.0 Å².